The van der Waals surface area contributed by atoms with Crippen molar-refractivity contribution >= 4 is 34.2 Å². The van der Waals surface area contributed by atoms with Gasteiger partial charge in [0.1, 0.15) is 0 Å². The summed E-state index contributed by atoms with van der Waals surface area (Å²) in [6.45, 7) is 6.39. The molecule has 7 nitrogen and oxygen atoms in total. The molecule has 0 saturated heterocycles. The fourth-order valence-electron chi connectivity index (χ4n) is 3.14. The van der Waals surface area contributed by atoms with Gasteiger partial charge >= 0.3 is 0 Å². The van der Waals surface area contributed by atoms with Gasteiger partial charge in [0.25, 0.3) is 5.56 Å². The van der Waals surface area contributed by atoms with E-state index in [0.29, 0.717) is 27.3 Å². The molecule has 2 aromatic heterocycles. The molecule has 2 aromatic carbocycles. The number of aromatic nitrogens is 4. The molecule has 0 bridgehead atoms. The number of carbonyl (C=O) groups excluding carboxylic acids is 1. The normalized spacial score (nSPS) is 11.8. The topological polar surface area (TPSA) is 103 Å². The van der Waals surface area contributed by atoms with Crippen molar-refractivity contribution in [1.82, 2.24) is 19.6 Å². The molecule has 2 N–H and O–H groups in total. The minimum Gasteiger partial charge on any atom is -0.369 e. The third-order valence-electron chi connectivity index (χ3n) is 4.72. The van der Waals surface area contributed by atoms with Gasteiger partial charge in [-0.3, -0.25) is 9.59 Å². The zero-order valence-electron chi connectivity index (χ0n) is 16.9. The van der Waals surface area contributed by atoms with Crippen LogP contribution >= 0.6 is 11.8 Å². The summed E-state index contributed by atoms with van der Waals surface area (Å²) in [6.07, 6.45) is 0. The lowest BCUT2D eigenvalue weighted by molar-refractivity contribution is -0.115. The summed E-state index contributed by atoms with van der Waals surface area (Å²) in [4.78, 5) is 33.1. The van der Waals surface area contributed by atoms with E-state index in [0.717, 1.165) is 17.3 Å². The Balaban J connectivity index is 1.93. The van der Waals surface area contributed by atoms with Crippen molar-refractivity contribution in [1.29, 1.82) is 0 Å². The van der Waals surface area contributed by atoms with Gasteiger partial charge in [0.05, 0.1) is 11.3 Å². The maximum Gasteiger partial charge on any atom is 0.300 e. The monoisotopic (exact) mass is 419 g/mol. The summed E-state index contributed by atoms with van der Waals surface area (Å²) in [5.74, 6) is -0.417. The summed E-state index contributed by atoms with van der Waals surface area (Å²) < 4.78 is 1.52. The van der Waals surface area contributed by atoms with Crippen molar-refractivity contribution in [2.24, 2.45) is 5.73 Å². The van der Waals surface area contributed by atoms with Crippen LogP contribution in [-0.4, -0.2) is 31.2 Å². The molecule has 0 spiro atoms. The fourth-order valence-corrected chi connectivity index (χ4v) is 3.83. The Morgan fingerprint density at radius 2 is 1.77 bits per heavy atom. The van der Waals surface area contributed by atoms with Gasteiger partial charge in [-0.05, 0) is 23.1 Å². The van der Waals surface area contributed by atoms with E-state index in [2.05, 4.69) is 35.8 Å². The lowest BCUT2D eigenvalue weighted by Gasteiger charge is -2.19. The molecule has 4 aromatic rings. The Bertz CT molecular complexity index is 1320. The number of thioether (sulfide) groups is 1. The van der Waals surface area contributed by atoms with E-state index in [4.69, 9.17) is 5.73 Å². The summed E-state index contributed by atoms with van der Waals surface area (Å²) in [7, 11) is 0. The molecule has 0 radical (unpaired) electrons. The second-order valence-electron chi connectivity index (χ2n) is 7.99. The molecule has 2 heterocycles. The zero-order valence-corrected chi connectivity index (χ0v) is 17.7. The van der Waals surface area contributed by atoms with E-state index in [1.807, 2.05) is 48.5 Å². The van der Waals surface area contributed by atoms with E-state index in [9.17, 15) is 9.59 Å². The molecule has 0 saturated carbocycles. The van der Waals surface area contributed by atoms with Crippen LogP contribution in [0.2, 0.25) is 0 Å². The molecule has 0 aliphatic carbocycles. The Hall–Kier alpha value is -3.26. The highest BCUT2D eigenvalue weighted by molar-refractivity contribution is 7.99. The molecule has 0 aliphatic heterocycles. The molecule has 0 fully saturated rings. The highest BCUT2D eigenvalue weighted by Crippen LogP contribution is 2.26. The van der Waals surface area contributed by atoms with Crippen LogP contribution in [0.3, 0.4) is 0 Å². The van der Waals surface area contributed by atoms with E-state index in [-0.39, 0.29) is 16.9 Å². The van der Waals surface area contributed by atoms with Crippen molar-refractivity contribution in [3.05, 3.63) is 64.4 Å². The SMILES string of the molecule is CC(C)(C)c1ccc(-c2nn3c(SCC(N)=O)nc4ccccc4c3nc2=O)cc1. The van der Waals surface area contributed by atoms with Crippen LogP contribution in [0.25, 0.3) is 27.8 Å². The highest BCUT2D eigenvalue weighted by Gasteiger charge is 2.17. The van der Waals surface area contributed by atoms with Crippen molar-refractivity contribution in [3.8, 4) is 11.3 Å². The average molecular weight is 420 g/mol. The van der Waals surface area contributed by atoms with Crippen molar-refractivity contribution in [3.63, 3.8) is 0 Å². The number of carbonyl (C=O) groups is 1. The van der Waals surface area contributed by atoms with Gasteiger partial charge in [-0.1, -0.05) is 68.9 Å². The van der Waals surface area contributed by atoms with Crippen LogP contribution in [0.5, 0.6) is 0 Å². The molecule has 0 aliphatic rings. The smallest absolute Gasteiger partial charge is 0.300 e. The average Bonchev–Trinajstić information content (AvgIpc) is 2.71. The molecule has 8 heteroatoms. The first-order valence-corrected chi connectivity index (χ1v) is 10.4. The molecular formula is C22H21N5O2S. The van der Waals surface area contributed by atoms with Crippen molar-refractivity contribution < 1.29 is 4.79 Å². The number of primary amides is 1. The number of para-hydroxylation sites is 1. The van der Waals surface area contributed by atoms with Crippen LogP contribution in [0, 0.1) is 0 Å². The van der Waals surface area contributed by atoms with E-state index < -0.39 is 11.5 Å². The Kier molecular flexibility index (Phi) is 5.03. The third kappa shape index (κ3) is 3.78. The van der Waals surface area contributed by atoms with E-state index in [1.54, 1.807) is 0 Å². The minimum atomic E-state index is -0.463. The number of hydrogen-bond donors (Lipinski definition) is 1. The lowest BCUT2D eigenvalue weighted by atomic mass is 9.86. The third-order valence-corrected chi connectivity index (χ3v) is 5.67. The standard InChI is InChI=1S/C22H21N5O2S/c1-22(2,3)14-10-8-13(9-11-14)18-20(29)25-19-15-6-4-5-7-16(15)24-21(27(19)26-18)30-12-17(23)28/h4-11H,12H2,1-3H3,(H2,23,28). The molecule has 0 unspecified atom stereocenters. The summed E-state index contributed by atoms with van der Waals surface area (Å²) >= 11 is 1.16. The van der Waals surface area contributed by atoms with Gasteiger partial charge in [-0.15, -0.1) is 0 Å². The van der Waals surface area contributed by atoms with Gasteiger partial charge < -0.3 is 5.73 Å². The van der Waals surface area contributed by atoms with Gasteiger partial charge in [0, 0.05) is 10.9 Å². The number of nitrogens with zero attached hydrogens (tertiary/aromatic N) is 4. The molecule has 4 rings (SSSR count). The molecular weight excluding hydrogens is 398 g/mol. The first-order valence-electron chi connectivity index (χ1n) is 9.46. The number of rotatable bonds is 4. The van der Waals surface area contributed by atoms with Gasteiger partial charge in [-0.25, -0.2) is 4.98 Å². The lowest BCUT2D eigenvalue weighted by Crippen LogP contribution is -2.19. The summed E-state index contributed by atoms with van der Waals surface area (Å²) in [5.41, 5.74) is 8.02. The van der Waals surface area contributed by atoms with Crippen LogP contribution in [-0.2, 0) is 10.2 Å². The highest BCUT2D eigenvalue weighted by atomic mass is 32.2. The molecule has 1 amide bonds. The van der Waals surface area contributed by atoms with Crippen LogP contribution < -0.4 is 11.3 Å². The number of fused-ring (bicyclic) bond motifs is 3. The number of benzene rings is 2. The van der Waals surface area contributed by atoms with E-state index >= 15 is 0 Å². The maximum absolute atomic E-state index is 12.8. The quantitative estimate of drug-likeness (QED) is 0.310. The van der Waals surface area contributed by atoms with Crippen LogP contribution in [0.1, 0.15) is 26.3 Å². The predicted octanol–water partition coefficient (Wildman–Crippen LogP) is 3.18. The Labute approximate surface area is 177 Å². The maximum atomic E-state index is 12.8. The largest absolute Gasteiger partial charge is 0.369 e. The Morgan fingerprint density at radius 3 is 2.43 bits per heavy atom. The van der Waals surface area contributed by atoms with Crippen molar-refractivity contribution in [2.75, 3.05) is 5.75 Å². The summed E-state index contributed by atoms with van der Waals surface area (Å²) in [6, 6.07) is 15.1. The van der Waals surface area contributed by atoms with Gasteiger partial charge in [0.2, 0.25) is 5.91 Å². The molecule has 0 atom stereocenters. The first-order chi connectivity index (χ1) is 14.2. The van der Waals surface area contributed by atoms with E-state index in [1.165, 1.54) is 4.52 Å². The van der Waals surface area contributed by atoms with Crippen molar-refractivity contribution in [2.45, 2.75) is 31.3 Å². The second-order valence-corrected chi connectivity index (χ2v) is 8.94. The molecule has 30 heavy (non-hydrogen) atoms. The zero-order chi connectivity index (χ0) is 21.5. The number of amides is 1. The number of hydrogen-bond acceptors (Lipinski definition) is 6. The van der Waals surface area contributed by atoms with Gasteiger partial charge in [0.15, 0.2) is 16.5 Å². The second kappa shape index (κ2) is 7.53. The van der Waals surface area contributed by atoms with Gasteiger partial charge in [-0.2, -0.15) is 14.6 Å². The fraction of sp³-hybridized carbons (Fsp3) is 0.227. The minimum absolute atomic E-state index is 0.00401. The summed E-state index contributed by atoms with van der Waals surface area (Å²) in [5, 5.41) is 5.73. The molecule has 152 valence electrons. The Morgan fingerprint density at radius 1 is 1.07 bits per heavy atom. The predicted molar refractivity (Wildman–Crippen MR) is 119 cm³/mol. The van der Waals surface area contributed by atoms with Crippen LogP contribution in [0.15, 0.2) is 58.5 Å². The number of nitrogens with two attached hydrogens (primary N) is 1. The first kappa shape index (κ1) is 20.0. The van der Waals surface area contributed by atoms with Crippen LogP contribution in [0.4, 0.5) is 0 Å².